The molecule has 44 heavy (non-hydrogen) atoms. The first kappa shape index (κ1) is 32.0. The van der Waals surface area contributed by atoms with Crippen LogP contribution >= 0.6 is 0 Å². The molecular formula is C31H32FN5O6S. The zero-order valence-electron chi connectivity index (χ0n) is 25.0. The summed E-state index contributed by atoms with van der Waals surface area (Å²) in [6.45, 7) is 7.61. The van der Waals surface area contributed by atoms with Crippen LogP contribution in [0.2, 0.25) is 0 Å². The minimum Gasteiger partial charge on any atom is -0.338 e. The number of nitrogens with zero attached hydrogens (tertiary/aromatic N) is 3. The van der Waals surface area contributed by atoms with E-state index in [0.717, 1.165) is 22.2 Å². The van der Waals surface area contributed by atoms with Gasteiger partial charge in [-0.1, -0.05) is 56.3 Å². The fourth-order valence-corrected chi connectivity index (χ4v) is 4.34. The smallest absolute Gasteiger partial charge is 0.326 e. The van der Waals surface area contributed by atoms with Crippen molar-refractivity contribution in [3.8, 4) is 22.4 Å². The van der Waals surface area contributed by atoms with Gasteiger partial charge in [0.15, 0.2) is 0 Å². The van der Waals surface area contributed by atoms with Crippen LogP contribution in [0.5, 0.6) is 0 Å². The second-order valence-electron chi connectivity index (χ2n) is 11.2. The molecule has 3 heterocycles. The van der Waals surface area contributed by atoms with Gasteiger partial charge in [-0.3, -0.25) is 19.6 Å². The van der Waals surface area contributed by atoms with Crippen LogP contribution in [0.25, 0.3) is 33.3 Å². The maximum absolute atomic E-state index is 14.9. The molecule has 3 aromatic heterocycles. The van der Waals surface area contributed by atoms with Gasteiger partial charge in [0.25, 0.3) is 15.7 Å². The van der Waals surface area contributed by atoms with Gasteiger partial charge in [0.2, 0.25) is 5.88 Å². The van der Waals surface area contributed by atoms with Gasteiger partial charge in [0.1, 0.15) is 5.82 Å². The van der Waals surface area contributed by atoms with Crippen LogP contribution in [0.15, 0.2) is 76.2 Å². The second kappa shape index (κ2) is 12.4. The average molecular weight is 622 g/mol. The van der Waals surface area contributed by atoms with Crippen molar-refractivity contribution >= 4 is 38.6 Å². The lowest BCUT2D eigenvalue weighted by Crippen LogP contribution is -2.21. The molecule has 0 unspecified atom stereocenters. The highest BCUT2D eigenvalue weighted by Crippen LogP contribution is 2.30. The van der Waals surface area contributed by atoms with Gasteiger partial charge >= 0.3 is 6.03 Å². The molecule has 0 saturated heterocycles. The first-order chi connectivity index (χ1) is 20.5. The van der Waals surface area contributed by atoms with E-state index in [2.05, 4.69) is 20.8 Å². The number of benzene rings is 2. The quantitative estimate of drug-likeness (QED) is 0.202. The summed E-state index contributed by atoms with van der Waals surface area (Å²) >= 11 is 0. The largest absolute Gasteiger partial charge is 0.338 e. The van der Waals surface area contributed by atoms with Crippen molar-refractivity contribution in [1.82, 2.24) is 14.7 Å². The number of urea groups is 1. The number of nitrogens with one attached hydrogen (secondary N) is 2. The van der Waals surface area contributed by atoms with E-state index in [1.165, 1.54) is 12.1 Å². The maximum Gasteiger partial charge on any atom is 0.326 e. The van der Waals surface area contributed by atoms with E-state index in [-0.39, 0.29) is 22.5 Å². The lowest BCUT2D eigenvalue weighted by Gasteiger charge is -2.14. The number of halogens is 1. The van der Waals surface area contributed by atoms with Gasteiger partial charge < -0.3 is 14.4 Å². The topological polar surface area (TPSA) is 156 Å². The van der Waals surface area contributed by atoms with Crippen molar-refractivity contribution < 1.29 is 26.7 Å². The van der Waals surface area contributed by atoms with Gasteiger partial charge in [-0.15, -0.1) is 0 Å². The molecule has 0 radical (unpaired) electrons. The third-order valence-corrected chi connectivity index (χ3v) is 6.55. The molecule has 0 atom stereocenters. The first-order valence-corrected chi connectivity index (χ1v) is 15.2. The van der Waals surface area contributed by atoms with Gasteiger partial charge in [0.05, 0.1) is 28.8 Å². The number of carbonyl (C=O) groups is 1. The van der Waals surface area contributed by atoms with Crippen LogP contribution in [0.1, 0.15) is 32.0 Å². The Morgan fingerprint density at radius 2 is 1.68 bits per heavy atom. The lowest BCUT2D eigenvalue weighted by atomic mass is 9.92. The Labute approximate surface area is 253 Å². The van der Waals surface area contributed by atoms with E-state index in [1.807, 2.05) is 57.2 Å². The first-order valence-electron chi connectivity index (χ1n) is 13.3. The number of fused-ring (bicyclic) bond motifs is 1. The Morgan fingerprint density at radius 3 is 2.30 bits per heavy atom. The molecule has 230 valence electrons. The summed E-state index contributed by atoms with van der Waals surface area (Å²) in [5.74, 6) is -0.498. The zero-order chi connectivity index (χ0) is 32.4. The molecule has 0 bridgehead atoms. The summed E-state index contributed by atoms with van der Waals surface area (Å²) in [6.07, 6.45) is 2.43. The second-order valence-corrected chi connectivity index (χ2v) is 12.7. The molecule has 0 aliphatic carbocycles. The Hall–Kier alpha value is -4.88. The van der Waals surface area contributed by atoms with Gasteiger partial charge in [-0.2, -0.15) is 8.42 Å². The summed E-state index contributed by atoms with van der Waals surface area (Å²) in [4.78, 5) is 30.7. The third kappa shape index (κ3) is 7.74. The van der Waals surface area contributed by atoms with Crippen molar-refractivity contribution in [2.75, 3.05) is 16.9 Å². The van der Waals surface area contributed by atoms with E-state index < -0.39 is 22.0 Å². The van der Waals surface area contributed by atoms with Gasteiger partial charge in [-0.25, -0.2) is 9.18 Å². The molecule has 13 heteroatoms. The molecule has 2 aromatic carbocycles. The Morgan fingerprint density at radius 1 is 1.02 bits per heavy atom. The highest BCUT2D eigenvalue weighted by molar-refractivity contribution is 7.85. The number of anilines is 2. The molecule has 0 fully saturated rings. The lowest BCUT2D eigenvalue weighted by molar-refractivity contribution is 0.261. The van der Waals surface area contributed by atoms with Crippen molar-refractivity contribution in [2.24, 2.45) is 7.05 Å². The molecule has 0 aliphatic rings. The fourth-order valence-electron chi connectivity index (χ4n) is 4.34. The summed E-state index contributed by atoms with van der Waals surface area (Å²) in [6, 6.07) is 17.0. The number of amides is 2. The van der Waals surface area contributed by atoms with Gasteiger partial charge in [0, 0.05) is 41.2 Å². The minimum absolute atomic E-state index is 0.0802. The summed E-state index contributed by atoms with van der Waals surface area (Å²) in [7, 11) is -1.97. The molecule has 0 aliphatic heterocycles. The Bertz CT molecular complexity index is 2010. The molecule has 2 amide bonds. The van der Waals surface area contributed by atoms with Crippen LogP contribution < -0.4 is 16.2 Å². The highest BCUT2D eigenvalue weighted by atomic mass is 32.2. The molecule has 0 spiro atoms. The van der Waals surface area contributed by atoms with E-state index >= 15 is 0 Å². The normalized spacial score (nSPS) is 11.5. The number of pyridine rings is 2. The Balaban J connectivity index is 0.000000818. The molecule has 11 nitrogen and oxygen atoms in total. The van der Waals surface area contributed by atoms with E-state index in [9.17, 15) is 22.4 Å². The predicted octanol–water partition coefficient (Wildman–Crippen LogP) is 6.15. The summed E-state index contributed by atoms with van der Waals surface area (Å²) < 4.78 is 47.5. The number of rotatable bonds is 4. The number of hydrogen-bond donors (Lipinski definition) is 3. The SMILES string of the molecule is CS(=O)(=O)O.Cc1cc(F)c(NC(=O)Nc2cc(C(C)(C)C)no2)cc1-c1cc2cnc(-c3ccccc3)cc2n(C)c1=O. The average Bonchev–Trinajstić information content (AvgIpc) is 3.41. The summed E-state index contributed by atoms with van der Waals surface area (Å²) in [5.41, 5.74) is 3.90. The number of aromatic nitrogens is 3. The van der Waals surface area contributed by atoms with Crippen molar-refractivity contribution in [2.45, 2.75) is 33.1 Å². The predicted molar refractivity (Wildman–Crippen MR) is 168 cm³/mol. The number of hydrogen-bond acceptors (Lipinski definition) is 7. The van der Waals surface area contributed by atoms with Crippen molar-refractivity contribution in [3.63, 3.8) is 0 Å². The molecule has 5 aromatic rings. The number of aryl methyl sites for hydroxylation is 2. The number of carbonyl (C=O) groups excluding carboxylic acids is 1. The van der Waals surface area contributed by atoms with Crippen LogP contribution in [-0.2, 0) is 22.6 Å². The monoisotopic (exact) mass is 621 g/mol. The van der Waals surface area contributed by atoms with Gasteiger partial charge in [-0.05, 0) is 42.3 Å². The van der Waals surface area contributed by atoms with E-state index in [1.54, 1.807) is 36.9 Å². The Kier molecular flexibility index (Phi) is 9.02. The standard InChI is InChI=1S/C30H28FN5O3.CH4O3S/c1-17-11-22(31)24(33-29(38)34-27-15-26(35-39-27)30(2,3)4)13-20(17)21-12-19-16-32-23(18-9-7-6-8-10-18)14-25(19)36(5)28(21)37;1-5(2,3)4/h6-16H,1-5H3,(H2,33,34,38);1H3,(H,2,3,4). The highest BCUT2D eigenvalue weighted by Gasteiger charge is 2.21. The van der Waals surface area contributed by atoms with Crippen molar-refractivity contribution in [3.05, 3.63) is 94.3 Å². The fraction of sp³-hybridized carbons (Fsp3) is 0.226. The minimum atomic E-state index is -3.67. The molecule has 5 rings (SSSR count). The van der Waals surface area contributed by atoms with E-state index in [4.69, 9.17) is 9.08 Å². The third-order valence-electron chi connectivity index (χ3n) is 6.55. The molecular weight excluding hydrogens is 589 g/mol. The summed E-state index contributed by atoms with van der Waals surface area (Å²) in [5, 5.41) is 9.75. The van der Waals surface area contributed by atoms with Crippen LogP contribution in [0.3, 0.4) is 0 Å². The van der Waals surface area contributed by atoms with E-state index in [0.29, 0.717) is 28.6 Å². The molecule has 0 saturated carbocycles. The molecule has 3 N–H and O–H groups in total. The van der Waals surface area contributed by atoms with Crippen molar-refractivity contribution in [1.29, 1.82) is 0 Å². The zero-order valence-corrected chi connectivity index (χ0v) is 25.8. The maximum atomic E-state index is 14.9. The van der Waals surface area contributed by atoms with Crippen LogP contribution in [0.4, 0.5) is 20.8 Å². The van der Waals surface area contributed by atoms with Crippen LogP contribution in [-0.4, -0.2) is 40.0 Å². The van der Waals surface area contributed by atoms with Crippen LogP contribution in [0, 0.1) is 12.7 Å².